The Labute approximate surface area is 163 Å². The number of anilines is 2. The molecular formula is C21H23N7. The molecule has 0 radical (unpaired) electrons. The second-order valence-corrected chi connectivity index (χ2v) is 7.48. The van der Waals surface area contributed by atoms with Gasteiger partial charge in [-0.1, -0.05) is 19.3 Å². The predicted molar refractivity (Wildman–Crippen MR) is 109 cm³/mol. The van der Waals surface area contributed by atoms with Gasteiger partial charge in [0.2, 0.25) is 0 Å². The molecule has 1 N–H and O–H groups in total. The molecule has 1 saturated carbocycles. The van der Waals surface area contributed by atoms with E-state index >= 15 is 0 Å². The van der Waals surface area contributed by atoms with Crippen molar-refractivity contribution < 1.29 is 0 Å². The molecule has 0 aromatic carbocycles. The van der Waals surface area contributed by atoms with Crippen molar-refractivity contribution in [2.45, 2.75) is 38.0 Å². The lowest BCUT2D eigenvalue weighted by Crippen LogP contribution is -2.10. The lowest BCUT2D eigenvalue weighted by Gasteiger charge is -2.22. The normalized spacial score (nSPS) is 15.2. The number of aromatic nitrogens is 6. The number of rotatable bonds is 4. The minimum atomic E-state index is 0.500. The molecule has 0 saturated heterocycles. The van der Waals surface area contributed by atoms with E-state index in [4.69, 9.17) is 4.98 Å². The number of nitrogens with one attached hydrogen (secondary N) is 1. The highest BCUT2D eigenvalue weighted by Gasteiger charge is 2.21. The Kier molecular flexibility index (Phi) is 4.27. The molecule has 4 aromatic rings. The van der Waals surface area contributed by atoms with Crippen molar-refractivity contribution >= 4 is 17.3 Å². The molecule has 0 amide bonds. The van der Waals surface area contributed by atoms with Gasteiger partial charge in [0.1, 0.15) is 11.6 Å². The Bertz CT molecular complexity index is 1090. The van der Waals surface area contributed by atoms with E-state index in [-0.39, 0.29) is 0 Å². The number of hydrogen-bond acceptors (Lipinski definition) is 5. The third-order valence-electron chi connectivity index (χ3n) is 5.48. The molecule has 1 fully saturated rings. The first-order chi connectivity index (χ1) is 13.8. The van der Waals surface area contributed by atoms with E-state index in [9.17, 15) is 0 Å². The molecule has 0 aliphatic heterocycles. The van der Waals surface area contributed by atoms with Gasteiger partial charge in [-0.2, -0.15) is 9.61 Å². The van der Waals surface area contributed by atoms with Gasteiger partial charge in [-0.3, -0.25) is 4.98 Å². The Morgan fingerprint density at radius 3 is 2.75 bits per heavy atom. The molecule has 7 heteroatoms. The van der Waals surface area contributed by atoms with E-state index in [1.165, 1.54) is 32.1 Å². The van der Waals surface area contributed by atoms with E-state index in [1.807, 2.05) is 28.5 Å². The Balaban J connectivity index is 1.65. The monoisotopic (exact) mass is 373 g/mol. The largest absolute Gasteiger partial charge is 0.357 e. The van der Waals surface area contributed by atoms with Crippen molar-refractivity contribution in [1.29, 1.82) is 0 Å². The first kappa shape index (κ1) is 16.9. The van der Waals surface area contributed by atoms with Gasteiger partial charge in [0, 0.05) is 60.6 Å². The minimum Gasteiger partial charge on any atom is -0.357 e. The van der Waals surface area contributed by atoms with Gasteiger partial charge in [-0.15, -0.1) is 0 Å². The Morgan fingerprint density at radius 1 is 1.11 bits per heavy atom. The summed E-state index contributed by atoms with van der Waals surface area (Å²) in [4.78, 5) is 13.6. The first-order valence-corrected chi connectivity index (χ1v) is 9.82. The van der Waals surface area contributed by atoms with Crippen molar-refractivity contribution in [1.82, 2.24) is 29.1 Å². The van der Waals surface area contributed by atoms with Gasteiger partial charge in [0.05, 0.1) is 12.4 Å². The standard InChI is InChI=1S/C21H23N7/c1-27-10-7-16(14-27)17-12-24-28-20(26-19-13-22-8-9-23-19)11-18(25-21(17)28)15-5-3-2-4-6-15/h7-15H,2-6H2,1H3,(H,23,26). The summed E-state index contributed by atoms with van der Waals surface area (Å²) in [6.45, 7) is 0. The van der Waals surface area contributed by atoms with Crippen LogP contribution >= 0.6 is 0 Å². The summed E-state index contributed by atoms with van der Waals surface area (Å²) in [5, 5.41) is 8.00. The van der Waals surface area contributed by atoms with Crippen molar-refractivity contribution in [3.05, 3.63) is 55.0 Å². The summed E-state index contributed by atoms with van der Waals surface area (Å²) >= 11 is 0. The maximum Gasteiger partial charge on any atom is 0.165 e. The maximum absolute atomic E-state index is 5.06. The highest BCUT2D eigenvalue weighted by Crippen LogP contribution is 2.35. The fourth-order valence-electron chi connectivity index (χ4n) is 4.04. The highest BCUT2D eigenvalue weighted by molar-refractivity contribution is 5.78. The summed E-state index contributed by atoms with van der Waals surface area (Å²) in [6, 6.07) is 4.22. The van der Waals surface area contributed by atoms with Crippen molar-refractivity contribution in [3.8, 4) is 11.1 Å². The quantitative estimate of drug-likeness (QED) is 0.577. The average Bonchev–Trinajstić information content (AvgIpc) is 3.35. The number of aryl methyl sites for hydroxylation is 1. The minimum absolute atomic E-state index is 0.500. The summed E-state index contributed by atoms with van der Waals surface area (Å²) < 4.78 is 3.91. The van der Waals surface area contributed by atoms with Gasteiger partial charge in [-0.25, -0.2) is 9.97 Å². The molecule has 7 nitrogen and oxygen atoms in total. The fraction of sp³-hybridized carbons (Fsp3) is 0.333. The van der Waals surface area contributed by atoms with E-state index < -0.39 is 0 Å². The topological polar surface area (TPSA) is 72.9 Å². The Morgan fingerprint density at radius 2 is 2.00 bits per heavy atom. The van der Waals surface area contributed by atoms with Gasteiger partial charge in [0.25, 0.3) is 0 Å². The van der Waals surface area contributed by atoms with Gasteiger partial charge in [0.15, 0.2) is 5.65 Å². The molecule has 0 unspecified atom stereocenters. The molecule has 5 rings (SSSR count). The van der Waals surface area contributed by atoms with Crippen LogP contribution in [0.2, 0.25) is 0 Å². The second-order valence-electron chi connectivity index (χ2n) is 7.48. The van der Waals surface area contributed by atoms with Crippen molar-refractivity contribution in [3.63, 3.8) is 0 Å². The molecule has 4 aromatic heterocycles. The zero-order chi connectivity index (χ0) is 18.9. The molecule has 4 heterocycles. The third kappa shape index (κ3) is 3.13. The first-order valence-electron chi connectivity index (χ1n) is 9.82. The summed E-state index contributed by atoms with van der Waals surface area (Å²) in [6.07, 6.45) is 17.4. The molecular weight excluding hydrogens is 350 g/mol. The van der Waals surface area contributed by atoms with Crippen LogP contribution in [0.1, 0.15) is 43.7 Å². The summed E-state index contributed by atoms with van der Waals surface area (Å²) in [7, 11) is 2.02. The number of nitrogens with zero attached hydrogens (tertiary/aromatic N) is 6. The van der Waals surface area contributed by atoms with Crippen molar-refractivity contribution in [2.75, 3.05) is 5.32 Å². The van der Waals surface area contributed by atoms with Gasteiger partial charge >= 0.3 is 0 Å². The van der Waals surface area contributed by atoms with Crippen LogP contribution in [0, 0.1) is 0 Å². The number of hydrogen-bond donors (Lipinski definition) is 1. The second kappa shape index (κ2) is 7.07. The SMILES string of the molecule is Cn1ccc(-c2cnn3c(Nc4cnccn4)cc(C4CCCCC4)nc23)c1. The molecule has 142 valence electrons. The highest BCUT2D eigenvalue weighted by atomic mass is 15.3. The smallest absolute Gasteiger partial charge is 0.165 e. The molecule has 1 aliphatic rings. The van der Waals surface area contributed by atoms with E-state index in [0.717, 1.165) is 28.3 Å². The maximum atomic E-state index is 5.06. The lowest BCUT2D eigenvalue weighted by molar-refractivity contribution is 0.437. The molecule has 0 bridgehead atoms. The van der Waals surface area contributed by atoms with Gasteiger partial charge in [-0.05, 0) is 18.9 Å². The van der Waals surface area contributed by atoms with Crippen LogP contribution in [0.3, 0.4) is 0 Å². The molecule has 28 heavy (non-hydrogen) atoms. The van der Waals surface area contributed by atoms with E-state index in [2.05, 4.69) is 38.7 Å². The zero-order valence-corrected chi connectivity index (χ0v) is 15.9. The van der Waals surface area contributed by atoms with Gasteiger partial charge < -0.3 is 9.88 Å². The van der Waals surface area contributed by atoms with Crippen LogP contribution in [0.5, 0.6) is 0 Å². The molecule has 0 atom stereocenters. The zero-order valence-electron chi connectivity index (χ0n) is 15.9. The lowest BCUT2D eigenvalue weighted by atomic mass is 9.87. The van der Waals surface area contributed by atoms with Crippen molar-refractivity contribution in [2.24, 2.45) is 7.05 Å². The summed E-state index contributed by atoms with van der Waals surface area (Å²) in [5.74, 6) is 2.06. The molecule has 1 aliphatic carbocycles. The van der Waals surface area contributed by atoms with Crippen LogP contribution in [0.15, 0.2) is 49.3 Å². The number of fused-ring (bicyclic) bond motifs is 1. The van der Waals surface area contributed by atoms with E-state index in [0.29, 0.717) is 11.7 Å². The van der Waals surface area contributed by atoms with Crippen LogP contribution in [0.25, 0.3) is 16.8 Å². The van der Waals surface area contributed by atoms with E-state index in [1.54, 1.807) is 18.6 Å². The summed E-state index contributed by atoms with van der Waals surface area (Å²) in [5.41, 5.74) is 4.17. The van der Waals surface area contributed by atoms with Crippen LogP contribution < -0.4 is 5.32 Å². The van der Waals surface area contributed by atoms with Crippen LogP contribution in [0.4, 0.5) is 11.6 Å². The van der Waals surface area contributed by atoms with Crippen LogP contribution in [-0.2, 0) is 7.05 Å². The fourth-order valence-corrected chi connectivity index (χ4v) is 4.04. The van der Waals surface area contributed by atoms with Crippen LogP contribution in [-0.4, -0.2) is 29.1 Å². The molecule has 0 spiro atoms. The Hall–Kier alpha value is -3.22. The average molecular weight is 373 g/mol. The predicted octanol–water partition coefficient (Wildman–Crippen LogP) is 4.32. The third-order valence-corrected chi connectivity index (χ3v) is 5.48.